The molecule has 1 aliphatic heterocycles. The molecule has 3 heterocycles. The number of hydrogen-bond donors (Lipinski definition) is 1. The van der Waals surface area contributed by atoms with E-state index in [9.17, 15) is 8.42 Å². The fourth-order valence-electron chi connectivity index (χ4n) is 4.48. The van der Waals surface area contributed by atoms with E-state index in [1.807, 2.05) is 22.9 Å². The van der Waals surface area contributed by atoms with Gasteiger partial charge in [-0.3, -0.25) is 0 Å². The zero-order valence-electron chi connectivity index (χ0n) is 19.3. The number of anilines is 1. The van der Waals surface area contributed by atoms with Gasteiger partial charge >= 0.3 is 0 Å². The van der Waals surface area contributed by atoms with Gasteiger partial charge in [-0.1, -0.05) is 11.6 Å². The van der Waals surface area contributed by atoms with E-state index < -0.39 is 10.0 Å². The molecule has 0 radical (unpaired) electrons. The predicted molar refractivity (Wildman–Crippen MR) is 134 cm³/mol. The Hall–Kier alpha value is -2.49. The van der Waals surface area contributed by atoms with Crippen LogP contribution in [0, 0.1) is 5.92 Å². The Morgan fingerprint density at radius 2 is 1.82 bits per heavy atom. The van der Waals surface area contributed by atoms with E-state index in [-0.39, 0.29) is 5.25 Å². The Balaban J connectivity index is 1.29. The molecule has 2 fully saturated rings. The van der Waals surface area contributed by atoms with Crippen molar-refractivity contribution in [2.45, 2.75) is 30.9 Å². The maximum atomic E-state index is 12.1. The van der Waals surface area contributed by atoms with Crippen LogP contribution in [0.15, 0.2) is 36.7 Å². The van der Waals surface area contributed by atoms with E-state index in [1.165, 1.54) is 0 Å². The first-order valence-electron chi connectivity index (χ1n) is 11.5. The summed E-state index contributed by atoms with van der Waals surface area (Å²) in [6.45, 7) is 2.32. The number of methoxy groups -OCH3 is 2. The molecule has 1 saturated heterocycles. The maximum absolute atomic E-state index is 12.1. The van der Waals surface area contributed by atoms with Crippen molar-refractivity contribution >= 4 is 33.0 Å². The summed E-state index contributed by atoms with van der Waals surface area (Å²) < 4.78 is 39.8. The third-order valence-electron chi connectivity index (χ3n) is 6.71. The van der Waals surface area contributed by atoms with Crippen LogP contribution in [0.25, 0.3) is 16.9 Å². The van der Waals surface area contributed by atoms with Crippen LogP contribution >= 0.6 is 11.6 Å². The predicted octanol–water partition coefficient (Wildman–Crippen LogP) is 3.97. The van der Waals surface area contributed by atoms with Crippen molar-refractivity contribution < 1.29 is 17.9 Å². The monoisotopic (exact) mass is 504 g/mol. The van der Waals surface area contributed by atoms with Crippen molar-refractivity contribution in [2.24, 2.45) is 5.92 Å². The number of rotatable bonds is 8. The summed E-state index contributed by atoms with van der Waals surface area (Å²) in [7, 11) is 0.0756. The van der Waals surface area contributed by atoms with Crippen molar-refractivity contribution in [1.82, 2.24) is 14.1 Å². The molecule has 2 aromatic heterocycles. The molecule has 1 aromatic carbocycles. The second-order valence-electron chi connectivity index (χ2n) is 8.99. The lowest BCUT2D eigenvalue weighted by molar-refractivity contribution is 0.395. The SMILES string of the molecule is COc1cc(OC)c(-c2cn3ccc(N4CCC(CNS(=O)(=O)C5CC5)CC4)cc3n2)cc1Cl. The number of benzene rings is 1. The highest BCUT2D eigenvalue weighted by molar-refractivity contribution is 7.90. The Bertz CT molecular complexity index is 1300. The van der Waals surface area contributed by atoms with Gasteiger partial charge in [-0.25, -0.2) is 18.1 Å². The van der Waals surface area contributed by atoms with E-state index in [1.54, 1.807) is 20.3 Å². The van der Waals surface area contributed by atoms with E-state index in [0.29, 0.717) is 29.0 Å². The normalized spacial score (nSPS) is 17.3. The molecule has 10 heteroatoms. The molecule has 0 unspecified atom stereocenters. The average Bonchev–Trinajstić information content (AvgIpc) is 3.63. The first-order chi connectivity index (χ1) is 16.4. The summed E-state index contributed by atoms with van der Waals surface area (Å²) >= 11 is 6.35. The summed E-state index contributed by atoms with van der Waals surface area (Å²) in [5.41, 5.74) is 3.51. The van der Waals surface area contributed by atoms with Crippen molar-refractivity contribution in [3.8, 4) is 22.8 Å². The van der Waals surface area contributed by atoms with Crippen LogP contribution in [0.3, 0.4) is 0 Å². The Morgan fingerprint density at radius 1 is 1.09 bits per heavy atom. The van der Waals surface area contributed by atoms with Crippen LogP contribution < -0.4 is 19.1 Å². The smallest absolute Gasteiger partial charge is 0.214 e. The van der Waals surface area contributed by atoms with Crippen LogP contribution in [-0.2, 0) is 10.0 Å². The summed E-state index contributed by atoms with van der Waals surface area (Å²) in [5, 5.41) is 0.339. The van der Waals surface area contributed by atoms with Crippen LogP contribution in [0.5, 0.6) is 11.5 Å². The standard InChI is InChI=1S/C24H29ClN4O4S/c1-32-22-13-23(33-2)20(25)12-19(22)21-15-29-10-7-17(11-24(29)27-21)28-8-5-16(6-9-28)14-26-34(30,31)18-3-4-18/h7,10-13,15-16,18,26H,3-6,8-9,14H2,1-2H3. The molecular formula is C24H29ClN4O4S. The molecule has 5 rings (SSSR count). The number of halogens is 1. The number of aromatic nitrogens is 2. The van der Waals surface area contributed by atoms with Crippen molar-refractivity contribution in [3.63, 3.8) is 0 Å². The van der Waals surface area contributed by atoms with Crippen molar-refractivity contribution in [2.75, 3.05) is 38.8 Å². The van der Waals surface area contributed by atoms with Gasteiger partial charge < -0.3 is 18.8 Å². The van der Waals surface area contributed by atoms with E-state index in [4.69, 9.17) is 26.1 Å². The molecule has 34 heavy (non-hydrogen) atoms. The minimum absolute atomic E-state index is 0.160. The van der Waals surface area contributed by atoms with Crippen LogP contribution in [0.4, 0.5) is 5.69 Å². The molecule has 3 aromatic rings. The number of sulfonamides is 1. The number of hydrogen-bond acceptors (Lipinski definition) is 6. The zero-order valence-corrected chi connectivity index (χ0v) is 20.9. The lowest BCUT2D eigenvalue weighted by Crippen LogP contribution is -2.39. The fourth-order valence-corrected chi connectivity index (χ4v) is 6.18. The summed E-state index contributed by atoms with van der Waals surface area (Å²) in [6.07, 6.45) is 7.47. The molecule has 1 N–H and O–H groups in total. The molecule has 182 valence electrons. The first kappa shape index (κ1) is 23.3. The van der Waals surface area contributed by atoms with E-state index in [0.717, 1.165) is 61.4 Å². The Labute approximate surface area is 204 Å². The highest BCUT2D eigenvalue weighted by Gasteiger charge is 2.36. The largest absolute Gasteiger partial charge is 0.496 e. The number of ether oxygens (including phenoxy) is 2. The quantitative estimate of drug-likeness (QED) is 0.499. The number of nitrogens with one attached hydrogen (secondary N) is 1. The summed E-state index contributed by atoms with van der Waals surface area (Å²) in [5.74, 6) is 1.57. The number of piperidine rings is 1. The topological polar surface area (TPSA) is 85.2 Å². The first-order valence-corrected chi connectivity index (χ1v) is 13.4. The van der Waals surface area contributed by atoms with Gasteiger partial charge in [-0.05, 0) is 43.7 Å². The van der Waals surface area contributed by atoms with Crippen molar-refractivity contribution in [1.29, 1.82) is 0 Å². The highest BCUT2D eigenvalue weighted by atomic mass is 35.5. The number of nitrogens with zero attached hydrogens (tertiary/aromatic N) is 3. The van der Waals surface area contributed by atoms with Gasteiger partial charge in [0.2, 0.25) is 10.0 Å². The molecule has 0 atom stereocenters. The highest BCUT2D eigenvalue weighted by Crippen LogP contribution is 2.38. The van der Waals surface area contributed by atoms with Gasteiger partial charge in [0.1, 0.15) is 17.1 Å². The average molecular weight is 505 g/mol. The third kappa shape index (κ3) is 4.69. The third-order valence-corrected chi connectivity index (χ3v) is 8.92. The summed E-state index contributed by atoms with van der Waals surface area (Å²) in [4.78, 5) is 7.16. The van der Waals surface area contributed by atoms with Gasteiger partial charge in [-0.2, -0.15) is 0 Å². The number of imidazole rings is 1. The van der Waals surface area contributed by atoms with E-state index in [2.05, 4.69) is 21.8 Å². The maximum Gasteiger partial charge on any atom is 0.214 e. The molecule has 1 aliphatic carbocycles. The van der Waals surface area contributed by atoms with Gasteiger partial charge in [-0.15, -0.1) is 0 Å². The molecule has 8 nitrogen and oxygen atoms in total. The molecular weight excluding hydrogens is 476 g/mol. The molecule has 0 spiro atoms. The van der Waals surface area contributed by atoms with E-state index >= 15 is 0 Å². The minimum atomic E-state index is -3.11. The van der Waals surface area contributed by atoms with Gasteiger partial charge in [0.15, 0.2) is 0 Å². The molecule has 0 amide bonds. The molecule has 0 bridgehead atoms. The minimum Gasteiger partial charge on any atom is -0.496 e. The summed E-state index contributed by atoms with van der Waals surface area (Å²) in [6, 6.07) is 7.75. The van der Waals surface area contributed by atoms with Crippen LogP contribution in [0.1, 0.15) is 25.7 Å². The lowest BCUT2D eigenvalue weighted by atomic mass is 9.97. The van der Waals surface area contributed by atoms with Gasteiger partial charge in [0, 0.05) is 55.4 Å². The second kappa shape index (κ2) is 9.28. The number of fused-ring (bicyclic) bond motifs is 1. The Morgan fingerprint density at radius 3 is 2.50 bits per heavy atom. The number of pyridine rings is 1. The fraction of sp³-hybridized carbons (Fsp3) is 0.458. The second-order valence-corrected chi connectivity index (χ2v) is 11.4. The van der Waals surface area contributed by atoms with Gasteiger partial charge in [0.05, 0.1) is 30.2 Å². The van der Waals surface area contributed by atoms with Gasteiger partial charge in [0.25, 0.3) is 0 Å². The molecule has 1 saturated carbocycles. The van der Waals surface area contributed by atoms with Crippen molar-refractivity contribution in [3.05, 3.63) is 41.7 Å². The van der Waals surface area contributed by atoms with Crippen LogP contribution in [-0.4, -0.2) is 56.9 Å². The zero-order chi connectivity index (χ0) is 23.9. The molecule has 2 aliphatic rings. The lowest BCUT2D eigenvalue weighted by Gasteiger charge is -2.33. The Kier molecular flexibility index (Phi) is 6.35. The van der Waals surface area contributed by atoms with Crippen LogP contribution in [0.2, 0.25) is 5.02 Å².